The van der Waals surface area contributed by atoms with Crippen LogP contribution in [0.4, 0.5) is 0 Å². The molecule has 0 unspecified atom stereocenters. The molecule has 0 aromatic rings. The Labute approximate surface area is 75.4 Å². The molecule has 0 radical (unpaired) electrons. The van der Waals surface area contributed by atoms with Gasteiger partial charge in [-0.25, -0.2) is 0 Å². The summed E-state index contributed by atoms with van der Waals surface area (Å²) in [6.45, 7) is 0.353. The van der Waals surface area contributed by atoms with Gasteiger partial charge in [0.15, 0.2) is 0 Å². The van der Waals surface area contributed by atoms with Gasteiger partial charge in [-0.05, 0) is 6.08 Å². The Kier molecular flexibility index (Phi) is 5.58. The molecule has 1 amide bonds. The lowest BCUT2D eigenvalue weighted by atomic mass is 10.4. The topological polar surface area (TPSA) is 20.3 Å². The minimum Gasteiger partial charge on any atom is -0.331 e. The number of carbonyl (C=O) groups is 1. The normalized spacial score (nSPS) is 9.55. The standard InChI is InChI=1S/C8H10BrNO/c1-3-7-10(2)8(11)5-4-6-9/h1,4-5H,6-7H2,2H3/b5-4+. The third kappa shape index (κ3) is 4.63. The summed E-state index contributed by atoms with van der Waals surface area (Å²) < 4.78 is 0. The molecule has 0 heterocycles. The van der Waals surface area contributed by atoms with Crippen molar-refractivity contribution in [1.82, 2.24) is 4.90 Å². The predicted molar refractivity (Wildman–Crippen MR) is 49.4 cm³/mol. The largest absolute Gasteiger partial charge is 0.331 e. The molecule has 0 saturated heterocycles. The summed E-state index contributed by atoms with van der Waals surface area (Å²) in [6.07, 6.45) is 8.24. The molecule has 0 saturated carbocycles. The van der Waals surface area contributed by atoms with Crippen LogP contribution in [0.25, 0.3) is 0 Å². The maximum Gasteiger partial charge on any atom is 0.246 e. The smallest absolute Gasteiger partial charge is 0.246 e. The van der Waals surface area contributed by atoms with Crippen molar-refractivity contribution >= 4 is 21.8 Å². The first-order valence-electron chi connectivity index (χ1n) is 3.13. The first kappa shape index (κ1) is 10.2. The van der Waals surface area contributed by atoms with Crippen molar-refractivity contribution in [2.75, 3.05) is 18.9 Å². The number of alkyl halides is 1. The average molecular weight is 216 g/mol. The zero-order chi connectivity index (χ0) is 8.69. The number of rotatable bonds is 3. The summed E-state index contributed by atoms with van der Waals surface area (Å²) in [5.74, 6) is 2.32. The summed E-state index contributed by atoms with van der Waals surface area (Å²) in [4.78, 5) is 12.5. The number of amides is 1. The fourth-order valence-corrected chi connectivity index (χ4v) is 0.674. The molecule has 0 aliphatic rings. The summed E-state index contributed by atoms with van der Waals surface area (Å²) in [7, 11) is 1.67. The number of nitrogens with zero attached hydrogens (tertiary/aromatic N) is 1. The van der Waals surface area contributed by atoms with Gasteiger partial charge in [-0.2, -0.15) is 0 Å². The molecule has 0 aliphatic heterocycles. The lowest BCUT2D eigenvalue weighted by Gasteiger charge is -2.09. The Morgan fingerprint density at radius 1 is 1.82 bits per heavy atom. The molecule has 0 N–H and O–H groups in total. The second-order valence-corrected chi connectivity index (χ2v) is 2.60. The van der Waals surface area contributed by atoms with E-state index in [1.807, 2.05) is 0 Å². The van der Waals surface area contributed by atoms with Crippen molar-refractivity contribution in [3.8, 4) is 12.3 Å². The van der Waals surface area contributed by atoms with Crippen molar-refractivity contribution < 1.29 is 4.79 Å². The highest BCUT2D eigenvalue weighted by Crippen LogP contribution is 1.87. The minimum absolute atomic E-state index is 0.0672. The third-order valence-electron chi connectivity index (χ3n) is 1.05. The monoisotopic (exact) mass is 215 g/mol. The van der Waals surface area contributed by atoms with Gasteiger partial charge in [0.2, 0.25) is 5.91 Å². The Morgan fingerprint density at radius 3 is 2.91 bits per heavy atom. The molecule has 0 rings (SSSR count). The van der Waals surface area contributed by atoms with Crippen molar-refractivity contribution in [2.24, 2.45) is 0 Å². The van der Waals surface area contributed by atoms with Gasteiger partial charge in [-0.15, -0.1) is 6.42 Å². The Hall–Kier alpha value is -0.750. The second kappa shape index (κ2) is 5.99. The molecule has 0 aliphatic carbocycles. The van der Waals surface area contributed by atoms with E-state index in [1.54, 1.807) is 13.1 Å². The number of carbonyl (C=O) groups excluding carboxylic acids is 1. The van der Waals surface area contributed by atoms with E-state index in [4.69, 9.17) is 6.42 Å². The van der Waals surface area contributed by atoms with Crippen molar-refractivity contribution in [3.63, 3.8) is 0 Å². The molecule has 3 heteroatoms. The van der Waals surface area contributed by atoms with Crippen LogP contribution >= 0.6 is 15.9 Å². The van der Waals surface area contributed by atoms with Crippen LogP contribution in [0.5, 0.6) is 0 Å². The maximum absolute atomic E-state index is 11.0. The average Bonchev–Trinajstić information content (AvgIpc) is 2.00. The van der Waals surface area contributed by atoms with E-state index in [-0.39, 0.29) is 5.91 Å². The van der Waals surface area contributed by atoms with Crippen molar-refractivity contribution in [2.45, 2.75) is 0 Å². The third-order valence-corrected chi connectivity index (χ3v) is 1.43. The van der Waals surface area contributed by atoms with E-state index in [2.05, 4.69) is 21.9 Å². The molecule has 0 bridgehead atoms. The number of terminal acetylenes is 1. The van der Waals surface area contributed by atoms with Crippen LogP contribution in [0.1, 0.15) is 0 Å². The van der Waals surface area contributed by atoms with Gasteiger partial charge >= 0.3 is 0 Å². The van der Waals surface area contributed by atoms with Gasteiger partial charge in [0.25, 0.3) is 0 Å². The first-order chi connectivity index (χ1) is 5.22. The number of hydrogen-bond donors (Lipinski definition) is 0. The number of likely N-dealkylation sites (N-methyl/N-ethyl adjacent to an activating group) is 1. The van der Waals surface area contributed by atoms with Crippen LogP contribution in [0.3, 0.4) is 0 Å². The molecule has 0 spiro atoms. The van der Waals surface area contributed by atoms with Gasteiger partial charge in [0, 0.05) is 12.4 Å². The van der Waals surface area contributed by atoms with Crippen LogP contribution < -0.4 is 0 Å². The Balaban J connectivity index is 3.84. The van der Waals surface area contributed by atoms with Crippen LogP contribution in [0.2, 0.25) is 0 Å². The van der Waals surface area contributed by atoms with Crippen molar-refractivity contribution in [3.05, 3.63) is 12.2 Å². The van der Waals surface area contributed by atoms with E-state index in [9.17, 15) is 4.79 Å². The minimum atomic E-state index is -0.0672. The molecule has 2 nitrogen and oxygen atoms in total. The Morgan fingerprint density at radius 2 is 2.45 bits per heavy atom. The molecular weight excluding hydrogens is 206 g/mol. The SMILES string of the molecule is C#CCN(C)C(=O)/C=C/CBr. The van der Waals surface area contributed by atoms with Gasteiger partial charge in [0.05, 0.1) is 6.54 Å². The van der Waals surface area contributed by atoms with E-state index in [0.29, 0.717) is 11.9 Å². The number of allylic oxidation sites excluding steroid dienone is 1. The Bertz CT molecular complexity index is 193. The summed E-state index contributed by atoms with van der Waals surface area (Å²) in [6, 6.07) is 0. The highest BCUT2D eigenvalue weighted by molar-refractivity contribution is 9.09. The number of halogens is 1. The van der Waals surface area contributed by atoms with Gasteiger partial charge in [0.1, 0.15) is 0 Å². The lowest BCUT2D eigenvalue weighted by Crippen LogP contribution is -2.24. The second-order valence-electron chi connectivity index (χ2n) is 1.96. The molecule has 11 heavy (non-hydrogen) atoms. The molecule has 0 aromatic carbocycles. The molecular formula is C8H10BrNO. The quantitative estimate of drug-likeness (QED) is 0.392. The highest BCUT2D eigenvalue weighted by Gasteiger charge is 2.00. The van der Waals surface area contributed by atoms with E-state index >= 15 is 0 Å². The van der Waals surface area contributed by atoms with Crippen LogP contribution in [-0.4, -0.2) is 29.7 Å². The highest BCUT2D eigenvalue weighted by atomic mass is 79.9. The summed E-state index contributed by atoms with van der Waals surface area (Å²) in [5.41, 5.74) is 0. The fourth-order valence-electron chi connectivity index (χ4n) is 0.487. The molecule has 60 valence electrons. The van der Waals surface area contributed by atoms with Crippen LogP contribution in [0.15, 0.2) is 12.2 Å². The van der Waals surface area contributed by atoms with Crippen LogP contribution in [0, 0.1) is 12.3 Å². The van der Waals surface area contributed by atoms with E-state index in [1.165, 1.54) is 11.0 Å². The fraction of sp³-hybridized carbons (Fsp3) is 0.375. The van der Waals surface area contributed by atoms with E-state index < -0.39 is 0 Å². The summed E-state index contributed by atoms with van der Waals surface area (Å²) in [5, 5.41) is 0.683. The van der Waals surface area contributed by atoms with Gasteiger partial charge < -0.3 is 4.90 Å². The maximum atomic E-state index is 11.0. The van der Waals surface area contributed by atoms with Gasteiger partial charge in [-0.3, -0.25) is 4.79 Å². The van der Waals surface area contributed by atoms with Crippen LogP contribution in [-0.2, 0) is 4.79 Å². The summed E-state index contributed by atoms with van der Waals surface area (Å²) >= 11 is 3.17. The molecule has 0 atom stereocenters. The van der Waals surface area contributed by atoms with Crippen molar-refractivity contribution in [1.29, 1.82) is 0 Å². The molecule has 0 aromatic heterocycles. The first-order valence-corrected chi connectivity index (χ1v) is 4.25. The van der Waals surface area contributed by atoms with Gasteiger partial charge in [-0.1, -0.05) is 27.9 Å². The molecule has 0 fully saturated rings. The lowest BCUT2D eigenvalue weighted by molar-refractivity contribution is -0.124. The van der Waals surface area contributed by atoms with E-state index in [0.717, 1.165) is 0 Å². The zero-order valence-corrected chi connectivity index (χ0v) is 7.97. The predicted octanol–water partition coefficient (Wildman–Crippen LogP) is 1.03. The number of hydrogen-bond acceptors (Lipinski definition) is 1. The zero-order valence-electron chi connectivity index (χ0n) is 6.38.